The Kier molecular flexibility index (Phi) is 1.08. The largest absolute Gasteiger partial charge is 0.370 e. The number of aliphatic imine (C=N–C) groups is 1. The lowest BCUT2D eigenvalue weighted by atomic mass is 10.2. The second kappa shape index (κ2) is 2.11. The van der Waals surface area contributed by atoms with Gasteiger partial charge in [0.15, 0.2) is 11.8 Å². The van der Waals surface area contributed by atoms with E-state index in [4.69, 9.17) is 5.73 Å². The van der Waals surface area contributed by atoms with Crippen molar-refractivity contribution >= 4 is 17.5 Å². The molecule has 0 fully saturated rings. The summed E-state index contributed by atoms with van der Waals surface area (Å²) in [4.78, 5) is 8.22. The Morgan fingerprint density at radius 3 is 3.31 bits per heavy atom. The third kappa shape index (κ3) is 0.800. The van der Waals surface area contributed by atoms with Crippen molar-refractivity contribution in [3.8, 4) is 0 Å². The fraction of sp³-hybridized carbons (Fsp3) is 0.143. The monoisotopic (exact) mass is 176 g/mol. The molecule has 1 aromatic rings. The smallest absolute Gasteiger partial charge is 0.196 e. The maximum Gasteiger partial charge on any atom is 0.196 e. The first kappa shape index (κ1) is 6.67. The van der Waals surface area contributed by atoms with Crippen molar-refractivity contribution in [2.45, 2.75) is 6.17 Å². The lowest BCUT2D eigenvalue weighted by Crippen LogP contribution is -2.42. The van der Waals surface area contributed by atoms with Crippen LogP contribution in [0.2, 0.25) is 0 Å². The van der Waals surface area contributed by atoms with Crippen molar-refractivity contribution in [3.05, 3.63) is 17.8 Å². The van der Waals surface area contributed by atoms with Crippen LogP contribution in [-0.2, 0) is 0 Å². The molecule has 0 aromatic carbocycles. The van der Waals surface area contributed by atoms with Gasteiger partial charge in [0.05, 0.1) is 11.3 Å². The summed E-state index contributed by atoms with van der Waals surface area (Å²) in [5.41, 5.74) is 13.6. The molecular weight excluding hydrogens is 168 g/mol. The molecule has 1 unspecified atom stereocenters. The fourth-order valence-corrected chi connectivity index (χ4v) is 1.57. The van der Waals surface area contributed by atoms with Gasteiger partial charge in [-0.15, -0.1) is 0 Å². The molecule has 6 heteroatoms. The van der Waals surface area contributed by atoms with E-state index in [0.29, 0.717) is 11.8 Å². The van der Waals surface area contributed by atoms with Gasteiger partial charge in [0.2, 0.25) is 0 Å². The first-order valence-electron chi connectivity index (χ1n) is 3.96. The Balaban J connectivity index is 2.27. The van der Waals surface area contributed by atoms with Crippen LogP contribution in [0.5, 0.6) is 0 Å². The fourth-order valence-electron chi connectivity index (χ4n) is 1.57. The maximum atomic E-state index is 5.57. The third-order valence-electron chi connectivity index (χ3n) is 2.13. The van der Waals surface area contributed by atoms with Gasteiger partial charge in [0, 0.05) is 6.20 Å². The zero-order valence-electron chi connectivity index (χ0n) is 6.70. The van der Waals surface area contributed by atoms with Crippen LogP contribution in [0.1, 0.15) is 11.7 Å². The van der Waals surface area contributed by atoms with Crippen molar-refractivity contribution in [2.24, 2.45) is 10.7 Å². The van der Waals surface area contributed by atoms with Gasteiger partial charge in [-0.3, -0.25) is 0 Å². The highest BCUT2D eigenvalue weighted by atomic mass is 15.5. The average molecular weight is 176 g/mol. The Morgan fingerprint density at radius 2 is 2.38 bits per heavy atom. The highest BCUT2D eigenvalue weighted by Crippen LogP contribution is 2.34. The number of hydrogen-bond donors (Lipinski definition) is 4. The van der Waals surface area contributed by atoms with Gasteiger partial charge >= 0.3 is 0 Å². The predicted octanol–water partition coefficient (Wildman–Crippen LogP) is -0.440. The molecule has 1 aromatic heterocycles. The minimum Gasteiger partial charge on any atom is -0.370 e. The highest BCUT2D eigenvalue weighted by molar-refractivity contribution is 5.85. The van der Waals surface area contributed by atoms with E-state index in [-0.39, 0.29) is 6.17 Å². The van der Waals surface area contributed by atoms with Crippen LogP contribution in [-0.4, -0.2) is 10.9 Å². The quantitative estimate of drug-likeness (QED) is 0.430. The molecule has 0 saturated heterocycles. The van der Waals surface area contributed by atoms with E-state index in [2.05, 4.69) is 26.1 Å². The summed E-state index contributed by atoms with van der Waals surface area (Å²) in [6, 6.07) is 1.89. The molecular formula is C7H8N6. The molecule has 2 aliphatic rings. The molecule has 0 bridgehead atoms. The first-order valence-corrected chi connectivity index (χ1v) is 3.96. The van der Waals surface area contributed by atoms with Gasteiger partial charge in [-0.25, -0.2) is 10.4 Å². The van der Waals surface area contributed by atoms with Crippen molar-refractivity contribution in [3.63, 3.8) is 0 Å². The summed E-state index contributed by atoms with van der Waals surface area (Å²) in [5, 5.41) is 2.99. The molecule has 3 rings (SSSR count). The molecule has 2 aliphatic heterocycles. The molecule has 13 heavy (non-hydrogen) atoms. The molecule has 0 aliphatic carbocycles. The second-order valence-electron chi connectivity index (χ2n) is 2.94. The Labute approximate surface area is 74.2 Å². The lowest BCUT2D eigenvalue weighted by molar-refractivity contribution is 0.578. The van der Waals surface area contributed by atoms with Gasteiger partial charge in [0.25, 0.3) is 0 Å². The van der Waals surface area contributed by atoms with E-state index in [9.17, 15) is 0 Å². The summed E-state index contributed by atoms with van der Waals surface area (Å²) in [7, 11) is 0. The van der Waals surface area contributed by atoms with Crippen molar-refractivity contribution < 1.29 is 0 Å². The summed E-state index contributed by atoms with van der Waals surface area (Å²) in [5.74, 6) is 1.06. The van der Waals surface area contributed by atoms with Gasteiger partial charge in [0.1, 0.15) is 6.17 Å². The van der Waals surface area contributed by atoms with Crippen LogP contribution in [0.15, 0.2) is 17.3 Å². The number of hydrogen-bond acceptors (Lipinski definition) is 6. The molecule has 1 atom stereocenters. The third-order valence-corrected chi connectivity index (χ3v) is 2.13. The number of hydrazine groups is 1. The summed E-state index contributed by atoms with van der Waals surface area (Å²) >= 11 is 0. The number of nitrogens with zero attached hydrogens (tertiary/aromatic N) is 2. The van der Waals surface area contributed by atoms with Crippen molar-refractivity contribution in [2.75, 3.05) is 5.43 Å². The standard InChI is InChI=1S/C7H8N6/c8-7-10-5-4-3(1-2-9-5)12-13-6(4)11-7/h1-2,6,12-13H,(H3,8,9,10,11). The van der Waals surface area contributed by atoms with E-state index in [1.54, 1.807) is 6.20 Å². The Hall–Kier alpha value is -1.82. The van der Waals surface area contributed by atoms with Gasteiger partial charge in [-0.1, -0.05) is 0 Å². The normalized spacial score (nSPS) is 22.8. The van der Waals surface area contributed by atoms with Crippen molar-refractivity contribution in [1.82, 2.24) is 15.7 Å². The average Bonchev–Trinajstić information content (AvgIpc) is 2.50. The molecule has 0 amide bonds. The topological polar surface area (TPSA) is 87.4 Å². The van der Waals surface area contributed by atoms with Crippen LogP contribution in [0.4, 0.5) is 11.5 Å². The van der Waals surface area contributed by atoms with E-state index in [0.717, 1.165) is 11.3 Å². The zero-order valence-corrected chi connectivity index (χ0v) is 6.70. The van der Waals surface area contributed by atoms with Gasteiger partial charge in [-0.2, -0.15) is 4.99 Å². The number of anilines is 1. The lowest BCUT2D eigenvalue weighted by Gasteiger charge is -2.18. The minimum atomic E-state index is -0.0174. The van der Waals surface area contributed by atoms with Crippen LogP contribution < -0.4 is 21.9 Å². The van der Waals surface area contributed by atoms with Crippen LogP contribution in [0.25, 0.3) is 0 Å². The maximum absolute atomic E-state index is 5.57. The number of nitrogens with two attached hydrogens (primary N) is 1. The van der Waals surface area contributed by atoms with E-state index in [1.807, 2.05) is 6.07 Å². The minimum absolute atomic E-state index is 0.0174. The highest BCUT2D eigenvalue weighted by Gasteiger charge is 2.29. The molecule has 0 radical (unpaired) electrons. The number of aromatic nitrogens is 1. The molecule has 0 saturated carbocycles. The number of guanidine groups is 1. The van der Waals surface area contributed by atoms with Gasteiger partial charge < -0.3 is 16.5 Å². The van der Waals surface area contributed by atoms with Crippen LogP contribution in [0, 0.1) is 0 Å². The Morgan fingerprint density at radius 1 is 1.46 bits per heavy atom. The number of pyridine rings is 1. The summed E-state index contributed by atoms with van der Waals surface area (Å²) in [6.45, 7) is 0. The van der Waals surface area contributed by atoms with Gasteiger partial charge in [-0.05, 0) is 6.07 Å². The summed E-state index contributed by atoms with van der Waals surface area (Å²) < 4.78 is 0. The zero-order chi connectivity index (χ0) is 8.84. The number of rotatable bonds is 0. The van der Waals surface area contributed by atoms with Crippen LogP contribution in [0.3, 0.4) is 0 Å². The number of nitrogens with one attached hydrogen (secondary N) is 3. The molecule has 66 valence electrons. The molecule has 0 spiro atoms. The van der Waals surface area contributed by atoms with Crippen LogP contribution >= 0.6 is 0 Å². The predicted molar refractivity (Wildman–Crippen MR) is 48.2 cm³/mol. The van der Waals surface area contributed by atoms with E-state index < -0.39 is 0 Å². The van der Waals surface area contributed by atoms with E-state index >= 15 is 0 Å². The SMILES string of the molecule is NC1=Nc2nccc3c2C(NN3)N1. The molecule has 3 heterocycles. The molecule has 5 N–H and O–H groups in total. The Bertz CT molecular complexity index is 398. The first-order chi connectivity index (χ1) is 6.34. The van der Waals surface area contributed by atoms with Crippen molar-refractivity contribution in [1.29, 1.82) is 0 Å². The summed E-state index contributed by atoms with van der Waals surface area (Å²) in [6.07, 6.45) is 1.68. The second-order valence-corrected chi connectivity index (χ2v) is 2.94. The molecule has 6 nitrogen and oxygen atoms in total. The van der Waals surface area contributed by atoms with E-state index in [1.165, 1.54) is 0 Å².